The second kappa shape index (κ2) is 6.72. The van der Waals surface area contributed by atoms with Crippen molar-refractivity contribution in [2.24, 2.45) is 0 Å². The molecular formula is C16H22N2O3. The molecule has 0 aromatic heterocycles. The molecule has 0 spiro atoms. The zero-order chi connectivity index (χ0) is 15.3. The standard InChI is InChI=1S/C16H22N2O3/c1-12(19)18-14-6-4-13(5-7-14)10-15(20)17-11-16(21)8-2-3-9-16/h4-7,21H,2-3,8-11H2,1H3,(H,17,20)(H,18,19). The molecule has 0 radical (unpaired) electrons. The molecule has 0 heterocycles. The highest BCUT2D eigenvalue weighted by atomic mass is 16.3. The maximum Gasteiger partial charge on any atom is 0.224 e. The van der Waals surface area contributed by atoms with E-state index in [2.05, 4.69) is 10.6 Å². The Bertz CT molecular complexity index is 505. The molecular weight excluding hydrogens is 268 g/mol. The smallest absolute Gasteiger partial charge is 0.224 e. The van der Waals surface area contributed by atoms with E-state index in [1.807, 2.05) is 12.1 Å². The van der Waals surface area contributed by atoms with Crippen molar-refractivity contribution in [3.8, 4) is 0 Å². The second-order valence-electron chi connectivity index (χ2n) is 5.76. The molecule has 3 N–H and O–H groups in total. The number of hydrogen-bond acceptors (Lipinski definition) is 3. The van der Waals surface area contributed by atoms with Crippen LogP contribution in [-0.4, -0.2) is 29.1 Å². The van der Waals surface area contributed by atoms with Crippen LogP contribution in [0.1, 0.15) is 38.2 Å². The van der Waals surface area contributed by atoms with Crippen LogP contribution in [0, 0.1) is 0 Å². The van der Waals surface area contributed by atoms with Gasteiger partial charge in [0.15, 0.2) is 0 Å². The maximum absolute atomic E-state index is 11.9. The molecule has 1 aromatic carbocycles. The topological polar surface area (TPSA) is 78.4 Å². The lowest BCUT2D eigenvalue weighted by Crippen LogP contribution is -2.41. The second-order valence-corrected chi connectivity index (χ2v) is 5.76. The predicted octanol–water partition coefficient (Wildman–Crippen LogP) is 1.61. The number of anilines is 1. The molecule has 1 aliphatic carbocycles. The quantitative estimate of drug-likeness (QED) is 0.771. The fourth-order valence-corrected chi connectivity index (χ4v) is 2.63. The third-order valence-electron chi connectivity index (χ3n) is 3.79. The summed E-state index contributed by atoms with van der Waals surface area (Å²) >= 11 is 0. The lowest BCUT2D eigenvalue weighted by Gasteiger charge is -2.22. The van der Waals surface area contributed by atoms with Gasteiger partial charge in [-0.3, -0.25) is 9.59 Å². The van der Waals surface area contributed by atoms with Crippen LogP contribution in [0.15, 0.2) is 24.3 Å². The van der Waals surface area contributed by atoms with E-state index in [1.165, 1.54) is 6.92 Å². The van der Waals surface area contributed by atoms with Crippen molar-refractivity contribution in [3.05, 3.63) is 29.8 Å². The first kappa shape index (κ1) is 15.5. The first-order valence-corrected chi connectivity index (χ1v) is 7.32. The largest absolute Gasteiger partial charge is 0.388 e. The molecule has 0 atom stereocenters. The molecule has 1 saturated carbocycles. The molecule has 1 fully saturated rings. The highest BCUT2D eigenvalue weighted by Gasteiger charge is 2.31. The monoisotopic (exact) mass is 290 g/mol. The predicted molar refractivity (Wildman–Crippen MR) is 80.9 cm³/mol. The van der Waals surface area contributed by atoms with Crippen LogP contribution in [0.3, 0.4) is 0 Å². The highest BCUT2D eigenvalue weighted by molar-refractivity contribution is 5.88. The molecule has 5 nitrogen and oxygen atoms in total. The average Bonchev–Trinajstić information content (AvgIpc) is 2.86. The number of hydrogen-bond donors (Lipinski definition) is 3. The number of aliphatic hydroxyl groups is 1. The van der Waals surface area contributed by atoms with Gasteiger partial charge in [-0.05, 0) is 30.5 Å². The third kappa shape index (κ3) is 4.86. The SMILES string of the molecule is CC(=O)Nc1ccc(CC(=O)NCC2(O)CCCC2)cc1. The number of carbonyl (C=O) groups is 2. The van der Waals surface area contributed by atoms with E-state index >= 15 is 0 Å². The molecule has 2 rings (SSSR count). The molecule has 114 valence electrons. The van der Waals surface area contributed by atoms with Crippen LogP contribution < -0.4 is 10.6 Å². The molecule has 0 saturated heterocycles. The van der Waals surface area contributed by atoms with Gasteiger partial charge in [-0.1, -0.05) is 25.0 Å². The summed E-state index contributed by atoms with van der Waals surface area (Å²) in [7, 11) is 0. The Balaban J connectivity index is 1.80. The van der Waals surface area contributed by atoms with Crippen LogP contribution in [0.5, 0.6) is 0 Å². The maximum atomic E-state index is 11.9. The van der Waals surface area contributed by atoms with Gasteiger partial charge in [-0.2, -0.15) is 0 Å². The van der Waals surface area contributed by atoms with Gasteiger partial charge in [0.1, 0.15) is 0 Å². The number of nitrogens with one attached hydrogen (secondary N) is 2. The van der Waals surface area contributed by atoms with Crippen molar-refractivity contribution in [1.82, 2.24) is 5.32 Å². The first-order valence-electron chi connectivity index (χ1n) is 7.32. The first-order chi connectivity index (χ1) is 9.97. The molecule has 21 heavy (non-hydrogen) atoms. The summed E-state index contributed by atoms with van der Waals surface area (Å²) in [6, 6.07) is 7.17. The average molecular weight is 290 g/mol. The molecule has 0 bridgehead atoms. The minimum atomic E-state index is -0.717. The van der Waals surface area contributed by atoms with E-state index in [4.69, 9.17) is 0 Å². The Morgan fingerprint density at radius 3 is 2.38 bits per heavy atom. The van der Waals surface area contributed by atoms with Crippen LogP contribution in [0.2, 0.25) is 0 Å². The number of rotatable bonds is 5. The number of amides is 2. The van der Waals surface area contributed by atoms with Crippen molar-refractivity contribution in [1.29, 1.82) is 0 Å². The van der Waals surface area contributed by atoms with Crippen LogP contribution in [0.4, 0.5) is 5.69 Å². The Hall–Kier alpha value is -1.88. The van der Waals surface area contributed by atoms with Crippen LogP contribution in [-0.2, 0) is 16.0 Å². The Morgan fingerprint density at radius 2 is 1.81 bits per heavy atom. The lowest BCUT2D eigenvalue weighted by atomic mass is 10.0. The van der Waals surface area contributed by atoms with Gasteiger partial charge >= 0.3 is 0 Å². The summed E-state index contributed by atoms with van der Waals surface area (Å²) in [6.07, 6.45) is 3.85. The van der Waals surface area contributed by atoms with E-state index in [-0.39, 0.29) is 18.2 Å². The van der Waals surface area contributed by atoms with Gasteiger partial charge in [-0.25, -0.2) is 0 Å². The summed E-state index contributed by atoms with van der Waals surface area (Å²) in [5.74, 6) is -0.215. The van der Waals surface area contributed by atoms with Crippen LogP contribution >= 0.6 is 0 Å². The van der Waals surface area contributed by atoms with Crippen molar-refractivity contribution >= 4 is 17.5 Å². The number of benzene rings is 1. The lowest BCUT2D eigenvalue weighted by molar-refractivity contribution is -0.121. The molecule has 2 amide bonds. The molecule has 0 aliphatic heterocycles. The minimum Gasteiger partial charge on any atom is -0.388 e. The normalized spacial score (nSPS) is 16.5. The summed E-state index contributed by atoms with van der Waals surface area (Å²) in [5.41, 5.74) is 0.872. The third-order valence-corrected chi connectivity index (χ3v) is 3.79. The van der Waals surface area contributed by atoms with Gasteiger partial charge < -0.3 is 15.7 Å². The Kier molecular flexibility index (Phi) is 4.96. The zero-order valence-corrected chi connectivity index (χ0v) is 12.3. The number of carbonyl (C=O) groups excluding carboxylic acids is 2. The van der Waals surface area contributed by atoms with Crippen LogP contribution in [0.25, 0.3) is 0 Å². The fraction of sp³-hybridized carbons (Fsp3) is 0.500. The van der Waals surface area contributed by atoms with E-state index < -0.39 is 5.60 Å². The van der Waals surface area contributed by atoms with Crippen molar-refractivity contribution in [2.75, 3.05) is 11.9 Å². The Morgan fingerprint density at radius 1 is 1.19 bits per heavy atom. The Labute approximate surface area is 124 Å². The van der Waals surface area contributed by atoms with Gasteiger partial charge in [0.05, 0.1) is 12.0 Å². The van der Waals surface area contributed by atoms with E-state index in [0.29, 0.717) is 12.2 Å². The highest BCUT2D eigenvalue weighted by Crippen LogP contribution is 2.28. The van der Waals surface area contributed by atoms with Gasteiger partial charge in [0, 0.05) is 19.2 Å². The van der Waals surface area contributed by atoms with Crippen molar-refractivity contribution < 1.29 is 14.7 Å². The van der Waals surface area contributed by atoms with E-state index in [9.17, 15) is 14.7 Å². The molecule has 1 aliphatic rings. The van der Waals surface area contributed by atoms with Gasteiger partial charge in [-0.15, -0.1) is 0 Å². The molecule has 5 heteroatoms. The summed E-state index contributed by atoms with van der Waals surface area (Å²) in [6.45, 7) is 1.78. The zero-order valence-electron chi connectivity index (χ0n) is 12.3. The summed E-state index contributed by atoms with van der Waals surface area (Å²) in [4.78, 5) is 22.8. The van der Waals surface area contributed by atoms with Crippen molar-refractivity contribution in [2.45, 2.75) is 44.6 Å². The van der Waals surface area contributed by atoms with E-state index in [1.54, 1.807) is 12.1 Å². The summed E-state index contributed by atoms with van der Waals surface area (Å²) < 4.78 is 0. The summed E-state index contributed by atoms with van der Waals surface area (Å²) in [5, 5.41) is 15.7. The van der Waals surface area contributed by atoms with Gasteiger partial charge in [0.25, 0.3) is 0 Å². The molecule has 1 aromatic rings. The van der Waals surface area contributed by atoms with Crippen molar-refractivity contribution in [3.63, 3.8) is 0 Å². The fourth-order valence-electron chi connectivity index (χ4n) is 2.63. The van der Waals surface area contributed by atoms with E-state index in [0.717, 1.165) is 31.2 Å². The molecule has 0 unspecified atom stereocenters. The minimum absolute atomic E-state index is 0.0948. The van der Waals surface area contributed by atoms with Gasteiger partial charge in [0.2, 0.25) is 11.8 Å².